The smallest absolute Gasteiger partial charge is 0.416 e. The van der Waals surface area contributed by atoms with E-state index in [0.717, 1.165) is 49.8 Å². The summed E-state index contributed by atoms with van der Waals surface area (Å²) in [6.45, 7) is 2.56. The summed E-state index contributed by atoms with van der Waals surface area (Å²) in [6, 6.07) is 11.5. The molecule has 0 spiro atoms. The van der Waals surface area contributed by atoms with E-state index >= 15 is 0 Å². The molecule has 2 fully saturated rings. The topological polar surface area (TPSA) is 104 Å². The SMILES string of the molecule is COCC1(CN(C)c2cc(-c3cc(F)cc(C(F)(F)F)c3)nc3nc(-c4ccc(OC5CCN(CC(=O)O)CC5)cc4)[nH]c23)CCC1.[Na]. The number of hydrogen-bond donors (Lipinski definition) is 2. The summed E-state index contributed by atoms with van der Waals surface area (Å²) in [6.07, 6.45) is -0.200. The van der Waals surface area contributed by atoms with Gasteiger partial charge in [0.1, 0.15) is 29.0 Å². The van der Waals surface area contributed by atoms with E-state index in [1.807, 2.05) is 41.1 Å². The van der Waals surface area contributed by atoms with Crippen LogP contribution in [0.25, 0.3) is 33.8 Å². The number of nitrogens with zero attached hydrogens (tertiary/aromatic N) is 4. The van der Waals surface area contributed by atoms with Gasteiger partial charge in [0.25, 0.3) is 0 Å². The van der Waals surface area contributed by atoms with Crippen LogP contribution in [-0.2, 0) is 15.7 Å². The van der Waals surface area contributed by atoms with Crippen LogP contribution in [0.2, 0.25) is 0 Å². The number of halogens is 4. The molecule has 6 rings (SSSR count). The van der Waals surface area contributed by atoms with Crippen molar-refractivity contribution in [3.63, 3.8) is 0 Å². The number of carboxylic acid groups (broad SMARTS) is 1. The number of H-pyrrole nitrogens is 1. The van der Waals surface area contributed by atoms with Crippen molar-refractivity contribution in [1.29, 1.82) is 0 Å². The molecule has 4 aromatic rings. The summed E-state index contributed by atoms with van der Waals surface area (Å²) >= 11 is 0. The van der Waals surface area contributed by atoms with Crippen molar-refractivity contribution in [2.75, 3.05) is 51.8 Å². The molecule has 1 aliphatic heterocycles. The van der Waals surface area contributed by atoms with Crippen LogP contribution in [0.15, 0.2) is 48.5 Å². The molecule has 9 nitrogen and oxygen atoms in total. The fourth-order valence-corrected chi connectivity index (χ4v) is 6.64. The van der Waals surface area contributed by atoms with E-state index in [4.69, 9.17) is 19.6 Å². The first kappa shape index (κ1) is 36.1. The van der Waals surface area contributed by atoms with Crippen molar-refractivity contribution in [3.05, 3.63) is 59.9 Å². The molecule has 2 aromatic carbocycles. The molecule has 0 unspecified atom stereocenters. The van der Waals surface area contributed by atoms with Gasteiger partial charge in [-0.2, -0.15) is 13.2 Å². The summed E-state index contributed by atoms with van der Waals surface area (Å²) in [4.78, 5) is 27.6. The van der Waals surface area contributed by atoms with Gasteiger partial charge in [-0.1, -0.05) is 6.42 Å². The van der Waals surface area contributed by atoms with Crippen molar-refractivity contribution < 1.29 is 36.9 Å². The number of aromatic amines is 1. The van der Waals surface area contributed by atoms with Gasteiger partial charge in [-0.05, 0) is 74.2 Å². The molecule has 2 aromatic heterocycles. The number of alkyl halides is 3. The zero-order chi connectivity index (χ0) is 33.3. The normalized spacial score (nSPS) is 16.7. The van der Waals surface area contributed by atoms with Gasteiger partial charge in [-0.25, -0.2) is 14.4 Å². The Balaban J connectivity index is 0.00000451. The Morgan fingerprint density at radius 2 is 1.79 bits per heavy atom. The fourth-order valence-electron chi connectivity index (χ4n) is 6.64. The molecule has 1 saturated heterocycles. The average Bonchev–Trinajstić information content (AvgIpc) is 3.44. The van der Waals surface area contributed by atoms with E-state index < -0.39 is 23.5 Å². The molecule has 0 bridgehead atoms. The van der Waals surface area contributed by atoms with Gasteiger partial charge >= 0.3 is 12.1 Å². The van der Waals surface area contributed by atoms with Crippen molar-refractivity contribution in [2.45, 2.75) is 44.4 Å². The third kappa shape index (κ3) is 8.14. The van der Waals surface area contributed by atoms with E-state index in [1.165, 1.54) is 0 Å². The monoisotopic (exact) mass is 678 g/mol. The van der Waals surface area contributed by atoms with Gasteiger partial charge in [0.2, 0.25) is 0 Å². The first-order valence-corrected chi connectivity index (χ1v) is 15.6. The zero-order valence-electron chi connectivity index (χ0n) is 27.2. The van der Waals surface area contributed by atoms with Crippen LogP contribution >= 0.6 is 0 Å². The number of hydrogen-bond acceptors (Lipinski definition) is 7. The Hall–Kier alpha value is -3.23. The first-order chi connectivity index (χ1) is 22.4. The number of anilines is 1. The summed E-state index contributed by atoms with van der Waals surface area (Å²) in [5.41, 5.74) is 1.37. The van der Waals surface area contributed by atoms with E-state index in [0.29, 0.717) is 60.7 Å². The van der Waals surface area contributed by atoms with Crippen molar-refractivity contribution in [2.24, 2.45) is 5.41 Å². The third-order valence-electron chi connectivity index (χ3n) is 9.13. The molecule has 2 N–H and O–H groups in total. The third-order valence-corrected chi connectivity index (χ3v) is 9.13. The van der Waals surface area contributed by atoms with E-state index in [2.05, 4.69) is 9.97 Å². The number of nitrogens with one attached hydrogen (secondary N) is 1. The number of aliphatic carboxylic acids is 1. The van der Waals surface area contributed by atoms with Gasteiger partial charge < -0.3 is 24.5 Å². The number of fused-ring (bicyclic) bond motifs is 1. The molecule has 1 radical (unpaired) electrons. The number of rotatable bonds is 11. The van der Waals surface area contributed by atoms with Gasteiger partial charge in [0.05, 0.1) is 30.1 Å². The molecule has 251 valence electrons. The number of pyridine rings is 1. The molecule has 0 atom stereocenters. The van der Waals surface area contributed by atoms with Gasteiger partial charge in [0, 0.05) is 79.9 Å². The van der Waals surface area contributed by atoms with Crippen molar-refractivity contribution in [3.8, 4) is 28.4 Å². The number of benzene rings is 2. The van der Waals surface area contributed by atoms with Crippen LogP contribution in [0.1, 0.15) is 37.7 Å². The van der Waals surface area contributed by atoms with Crippen LogP contribution in [0.3, 0.4) is 0 Å². The van der Waals surface area contributed by atoms with Crippen LogP contribution in [0, 0.1) is 11.2 Å². The first-order valence-electron chi connectivity index (χ1n) is 15.6. The summed E-state index contributed by atoms with van der Waals surface area (Å²) in [5.74, 6) is -0.652. The second-order valence-corrected chi connectivity index (χ2v) is 12.7. The molecular weight excluding hydrogens is 641 g/mol. The molecule has 2 aliphatic rings. The Morgan fingerprint density at radius 3 is 2.40 bits per heavy atom. The largest absolute Gasteiger partial charge is 0.490 e. The number of aromatic nitrogens is 3. The Morgan fingerprint density at radius 1 is 1.08 bits per heavy atom. The van der Waals surface area contributed by atoms with Crippen LogP contribution < -0.4 is 9.64 Å². The second-order valence-electron chi connectivity index (χ2n) is 12.7. The molecule has 48 heavy (non-hydrogen) atoms. The van der Waals surface area contributed by atoms with E-state index in [9.17, 15) is 22.4 Å². The van der Waals surface area contributed by atoms with Crippen LogP contribution in [0.4, 0.5) is 23.2 Å². The number of ether oxygens (including phenoxy) is 2. The minimum Gasteiger partial charge on any atom is -0.490 e. The number of piperidine rings is 1. The quantitative estimate of drug-likeness (QED) is 0.142. The Bertz CT molecular complexity index is 1740. The predicted octanol–water partition coefficient (Wildman–Crippen LogP) is 6.25. The Kier molecular flexibility index (Phi) is 11.1. The number of carbonyl (C=O) groups is 1. The van der Waals surface area contributed by atoms with Gasteiger partial charge in [0.15, 0.2) is 5.65 Å². The number of methoxy groups -OCH3 is 1. The standard InChI is InChI=1S/C34H37F4N5O4.Na/c1-42(19-33(20-46-2)10-3-11-33)28-17-27(22-14-23(34(36,37)38)16-24(35)15-22)39-32-30(28)40-31(41-32)21-4-6-25(7-5-21)47-26-8-12-43(13-9-26)18-29(44)45;/h4-7,14-17,26H,3,8-13,18-20H2,1-2H3,(H,44,45)(H,39,40,41);. The Labute approximate surface area is 297 Å². The predicted molar refractivity (Wildman–Crippen MR) is 175 cm³/mol. The maximum absolute atomic E-state index is 14.4. The number of carboxylic acids is 1. The number of imidazole rings is 1. The van der Waals surface area contributed by atoms with Gasteiger partial charge in [-0.3, -0.25) is 9.69 Å². The fraction of sp³-hybridized carbons (Fsp3) is 0.441. The minimum atomic E-state index is -4.72. The summed E-state index contributed by atoms with van der Waals surface area (Å²) in [7, 11) is 3.59. The summed E-state index contributed by atoms with van der Waals surface area (Å²) in [5, 5.41) is 9.02. The molecular formula is C34H37F4N5NaO4. The van der Waals surface area contributed by atoms with E-state index in [-0.39, 0.29) is 58.9 Å². The van der Waals surface area contributed by atoms with E-state index in [1.54, 1.807) is 13.2 Å². The zero-order valence-corrected chi connectivity index (χ0v) is 29.2. The van der Waals surface area contributed by atoms with Crippen LogP contribution in [-0.4, -0.2) is 114 Å². The maximum atomic E-state index is 14.4. The summed E-state index contributed by atoms with van der Waals surface area (Å²) < 4.78 is 66.9. The maximum Gasteiger partial charge on any atom is 0.416 e. The number of likely N-dealkylation sites (tertiary alicyclic amines) is 1. The van der Waals surface area contributed by atoms with Gasteiger partial charge in [-0.15, -0.1) is 0 Å². The molecule has 1 aliphatic carbocycles. The van der Waals surface area contributed by atoms with Crippen molar-refractivity contribution >= 4 is 52.4 Å². The molecule has 1 saturated carbocycles. The minimum absolute atomic E-state index is 0. The molecule has 0 amide bonds. The molecule has 14 heteroatoms. The molecule has 3 heterocycles. The van der Waals surface area contributed by atoms with Crippen LogP contribution in [0.5, 0.6) is 5.75 Å². The average molecular weight is 679 g/mol. The second kappa shape index (κ2) is 14.7. The van der Waals surface area contributed by atoms with Crippen molar-refractivity contribution in [1.82, 2.24) is 19.9 Å².